The molecule has 1 aromatic carbocycles. The minimum absolute atomic E-state index is 0.448. The van der Waals surface area contributed by atoms with Gasteiger partial charge in [-0.2, -0.15) is 0 Å². The highest BCUT2D eigenvalue weighted by Gasteiger charge is 2.12. The second-order valence-corrected chi connectivity index (χ2v) is 6.53. The second-order valence-electron chi connectivity index (χ2n) is 4.64. The molecule has 0 fully saturated rings. The summed E-state index contributed by atoms with van der Waals surface area (Å²) in [6.45, 7) is 0. The van der Waals surface area contributed by atoms with Gasteiger partial charge < -0.3 is 5.73 Å². The SMILES string of the molecule is Nc1cnc2cc(-c3cccs3)c(-c3cccs3)cc2n1. The molecule has 0 spiro atoms. The van der Waals surface area contributed by atoms with Crippen LogP contribution in [0.5, 0.6) is 0 Å². The van der Waals surface area contributed by atoms with Crippen LogP contribution in [0.2, 0.25) is 0 Å². The van der Waals surface area contributed by atoms with E-state index in [1.807, 2.05) is 0 Å². The summed E-state index contributed by atoms with van der Waals surface area (Å²) in [5, 5.41) is 4.18. The van der Waals surface area contributed by atoms with Crippen LogP contribution in [0.15, 0.2) is 53.4 Å². The van der Waals surface area contributed by atoms with E-state index in [1.165, 1.54) is 20.9 Å². The number of hydrogen-bond donors (Lipinski definition) is 1. The monoisotopic (exact) mass is 309 g/mol. The molecule has 0 aliphatic heterocycles. The van der Waals surface area contributed by atoms with E-state index >= 15 is 0 Å². The fourth-order valence-corrected chi connectivity index (χ4v) is 3.86. The zero-order chi connectivity index (χ0) is 14.2. The summed E-state index contributed by atoms with van der Waals surface area (Å²) in [4.78, 5) is 11.2. The predicted molar refractivity (Wildman–Crippen MR) is 90.6 cm³/mol. The number of hydrogen-bond acceptors (Lipinski definition) is 5. The van der Waals surface area contributed by atoms with Gasteiger partial charge in [-0.25, -0.2) is 4.98 Å². The van der Waals surface area contributed by atoms with Crippen molar-refractivity contribution in [3.05, 3.63) is 53.4 Å². The van der Waals surface area contributed by atoms with Crippen LogP contribution in [0.3, 0.4) is 0 Å². The van der Waals surface area contributed by atoms with E-state index in [-0.39, 0.29) is 0 Å². The molecule has 0 amide bonds. The lowest BCUT2D eigenvalue weighted by Crippen LogP contribution is -1.93. The van der Waals surface area contributed by atoms with Crippen molar-refractivity contribution in [3.63, 3.8) is 0 Å². The summed E-state index contributed by atoms with van der Waals surface area (Å²) in [5.41, 5.74) is 9.83. The third kappa shape index (κ3) is 2.20. The first kappa shape index (κ1) is 12.5. The Labute approximate surface area is 129 Å². The zero-order valence-corrected chi connectivity index (χ0v) is 12.6. The minimum Gasteiger partial charge on any atom is -0.382 e. The van der Waals surface area contributed by atoms with Crippen LogP contribution in [-0.4, -0.2) is 9.97 Å². The fourth-order valence-electron chi connectivity index (χ4n) is 2.34. The normalized spacial score (nSPS) is 11.0. The highest BCUT2D eigenvalue weighted by atomic mass is 32.1. The van der Waals surface area contributed by atoms with Gasteiger partial charge in [-0.1, -0.05) is 12.1 Å². The molecule has 0 bridgehead atoms. The molecule has 3 nitrogen and oxygen atoms in total. The van der Waals surface area contributed by atoms with E-state index in [0.29, 0.717) is 5.82 Å². The van der Waals surface area contributed by atoms with Gasteiger partial charge >= 0.3 is 0 Å². The lowest BCUT2D eigenvalue weighted by Gasteiger charge is -2.08. The van der Waals surface area contributed by atoms with Crippen LogP contribution >= 0.6 is 22.7 Å². The molecule has 4 rings (SSSR count). The number of thiophene rings is 2. The maximum Gasteiger partial charge on any atom is 0.142 e. The number of nitrogen functional groups attached to an aromatic ring is 1. The second kappa shape index (κ2) is 4.95. The predicted octanol–water partition coefficient (Wildman–Crippen LogP) is 4.67. The molecule has 3 aromatic heterocycles. The highest BCUT2D eigenvalue weighted by molar-refractivity contribution is 7.14. The van der Waals surface area contributed by atoms with Crippen molar-refractivity contribution in [1.82, 2.24) is 9.97 Å². The summed E-state index contributed by atoms with van der Waals surface area (Å²) in [6.07, 6.45) is 1.60. The van der Waals surface area contributed by atoms with Crippen molar-refractivity contribution in [2.75, 3.05) is 5.73 Å². The first-order valence-electron chi connectivity index (χ1n) is 6.45. The third-order valence-electron chi connectivity index (χ3n) is 3.27. The van der Waals surface area contributed by atoms with Crippen molar-refractivity contribution >= 4 is 39.5 Å². The van der Waals surface area contributed by atoms with E-state index < -0.39 is 0 Å². The Balaban J connectivity index is 2.05. The van der Waals surface area contributed by atoms with Gasteiger partial charge in [0.15, 0.2) is 0 Å². The summed E-state index contributed by atoms with van der Waals surface area (Å²) in [6, 6.07) is 12.6. The first-order valence-corrected chi connectivity index (χ1v) is 8.21. The molecule has 0 unspecified atom stereocenters. The van der Waals surface area contributed by atoms with E-state index in [0.717, 1.165) is 11.0 Å². The van der Waals surface area contributed by atoms with Crippen LogP contribution < -0.4 is 5.73 Å². The van der Waals surface area contributed by atoms with Crippen molar-refractivity contribution in [2.24, 2.45) is 0 Å². The largest absolute Gasteiger partial charge is 0.382 e. The van der Waals surface area contributed by atoms with Gasteiger partial charge in [0.05, 0.1) is 17.2 Å². The molecule has 102 valence electrons. The molecule has 21 heavy (non-hydrogen) atoms. The molecule has 0 saturated carbocycles. The van der Waals surface area contributed by atoms with Crippen molar-refractivity contribution in [1.29, 1.82) is 0 Å². The summed E-state index contributed by atoms with van der Waals surface area (Å²) < 4.78 is 0. The van der Waals surface area contributed by atoms with Crippen molar-refractivity contribution in [2.45, 2.75) is 0 Å². The number of fused-ring (bicyclic) bond motifs is 1. The fraction of sp³-hybridized carbons (Fsp3) is 0. The van der Waals surface area contributed by atoms with Crippen LogP contribution in [0, 0.1) is 0 Å². The molecule has 0 radical (unpaired) electrons. The molecule has 0 aliphatic rings. The van der Waals surface area contributed by atoms with Gasteiger partial charge in [0.1, 0.15) is 5.82 Å². The maximum atomic E-state index is 5.76. The number of anilines is 1. The molecular formula is C16H11N3S2. The summed E-state index contributed by atoms with van der Waals surface area (Å²) in [5.74, 6) is 0.448. The third-order valence-corrected chi connectivity index (χ3v) is 5.08. The van der Waals surface area contributed by atoms with Crippen LogP contribution in [0.4, 0.5) is 5.82 Å². The van der Waals surface area contributed by atoms with Crippen LogP contribution in [0.25, 0.3) is 31.9 Å². The average molecular weight is 309 g/mol. The minimum atomic E-state index is 0.448. The molecule has 4 aromatic rings. The Hall–Kier alpha value is -2.24. The zero-order valence-electron chi connectivity index (χ0n) is 11.0. The van der Waals surface area contributed by atoms with Crippen LogP contribution in [0.1, 0.15) is 0 Å². The Morgan fingerprint density at radius 1 is 0.857 bits per heavy atom. The molecule has 2 N–H and O–H groups in total. The Morgan fingerprint density at radius 3 is 2.05 bits per heavy atom. The van der Waals surface area contributed by atoms with E-state index in [1.54, 1.807) is 28.9 Å². The lowest BCUT2D eigenvalue weighted by molar-refractivity contribution is 1.30. The lowest BCUT2D eigenvalue weighted by atomic mass is 10.0. The van der Waals surface area contributed by atoms with E-state index in [2.05, 4.69) is 57.1 Å². The molecule has 3 heterocycles. The summed E-state index contributed by atoms with van der Waals surface area (Å²) in [7, 11) is 0. The number of nitrogens with zero attached hydrogens (tertiary/aromatic N) is 2. The maximum absolute atomic E-state index is 5.76. The van der Waals surface area contributed by atoms with Gasteiger partial charge in [-0.05, 0) is 35.0 Å². The number of nitrogens with two attached hydrogens (primary N) is 1. The molecule has 0 aliphatic carbocycles. The molecular weight excluding hydrogens is 298 g/mol. The number of rotatable bonds is 2. The first-order chi connectivity index (χ1) is 10.3. The summed E-state index contributed by atoms with van der Waals surface area (Å²) >= 11 is 3.46. The van der Waals surface area contributed by atoms with Crippen molar-refractivity contribution in [3.8, 4) is 20.9 Å². The quantitative estimate of drug-likeness (QED) is 0.585. The van der Waals surface area contributed by atoms with Gasteiger partial charge in [0.25, 0.3) is 0 Å². The average Bonchev–Trinajstić information content (AvgIpc) is 3.19. The number of aromatic nitrogens is 2. The Morgan fingerprint density at radius 2 is 1.48 bits per heavy atom. The van der Waals surface area contributed by atoms with Crippen molar-refractivity contribution < 1.29 is 0 Å². The topological polar surface area (TPSA) is 51.8 Å². The number of benzene rings is 1. The molecule has 5 heteroatoms. The van der Waals surface area contributed by atoms with E-state index in [4.69, 9.17) is 5.73 Å². The highest BCUT2D eigenvalue weighted by Crippen LogP contribution is 2.38. The van der Waals surface area contributed by atoms with Gasteiger partial charge in [-0.15, -0.1) is 22.7 Å². The Kier molecular flexibility index (Phi) is 2.94. The molecule has 0 atom stereocenters. The van der Waals surface area contributed by atoms with E-state index in [9.17, 15) is 0 Å². The smallest absolute Gasteiger partial charge is 0.142 e. The Bertz CT molecular complexity index is 897. The van der Waals surface area contributed by atoms with Gasteiger partial charge in [-0.3, -0.25) is 4.98 Å². The van der Waals surface area contributed by atoms with Gasteiger partial charge in [0, 0.05) is 20.9 Å². The van der Waals surface area contributed by atoms with Crippen LogP contribution in [-0.2, 0) is 0 Å². The van der Waals surface area contributed by atoms with Gasteiger partial charge in [0.2, 0.25) is 0 Å². The standard InChI is InChI=1S/C16H11N3S2/c17-16-9-18-12-7-10(14-3-1-5-20-14)11(8-13(12)19-16)15-4-2-6-21-15/h1-9H,(H2,17,19). The molecule has 0 saturated heterocycles.